The Labute approximate surface area is 188 Å². The van der Waals surface area contributed by atoms with Crippen LogP contribution >= 0.6 is 0 Å². The number of nitrogens with zero attached hydrogens (tertiary/aromatic N) is 4. The summed E-state index contributed by atoms with van der Waals surface area (Å²) in [5.74, 6) is 1.56. The van der Waals surface area contributed by atoms with Gasteiger partial charge in [-0.05, 0) is 60.7 Å². The third-order valence-electron chi connectivity index (χ3n) is 5.15. The van der Waals surface area contributed by atoms with Gasteiger partial charge in [-0.3, -0.25) is 9.78 Å². The lowest BCUT2D eigenvalue weighted by Crippen LogP contribution is -2.57. The van der Waals surface area contributed by atoms with Crippen molar-refractivity contribution in [1.82, 2.24) is 20.0 Å². The summed E-state index contributed by atoms with van der Waals surface area (Å²) in [4.78, 5) is 22.3. The second-order valence-electron chi connectivity index (χ2n) is 7.46. The Morgan fingerprint density at radius 1 is 0.970 bits per heavy atom. The van der Waals surface area contributed by atoms with Crippen LogP contribution in [0.4, 0.5) is 4.39 Å². The topological polar surface area (TPSA) is 90.6 Å². The van der Waals surface area contributed by atoms with Gasteiger partial charge in [-0.15, -0.1) is 0 Å². The molecule has 1 amide bonds. The average Bonchev–Trinajstić information content (AvgIpc) is 3.32. The summed E-state index contributed by atoms with van der Waals surface area (Å²) in [5, 5.41) is 4.03. The zero-order valence-electron chi connectivity index (χ0n) is 17.4. The number of aromatic nitrogens is 3. The standard InChI is InChI=1S/C24H19FN4O4/c25-18-3-7-19(8-4-18)31-15-22(30)29-13-21(14-29)32-20-5-1-16(2-6-20)23-27-24(33-28-23)17-9-11-26-12-10-17/h1-12,21H,13-15H2. The fourth-order valence-corrected chi connectivity index (χ4v) is 3.31. The molecule has 3 heterocycles. The van der Waals surface area contributed by atoms with Gasteiger partial charge in [0.1, 0.15) is 23.4 Å². The first kappa shape index (κ1) is 20.6. The minimum absolute atomic E-state index is 0.0888. The van der Waals surface area contributed by atoms with Gasteiger partial charge < -0.3 is 18.9 Å². The van der Waals surface area contributed by atoms with Crippen LogP contribution in [0.1, 0.15) is 0 Å². The lowest BCUT2D eigenvalue weighted by Gasteiger charge is -2.38. The van der Waals surface area contributed by atoms with Crippen LogP contribution in [0.3, 0.4) is 0 Å². The average molecular weight is 446 g/mol. The van der Waals surface area contributed by atoms with Gasteiger partial charge in [-0.1, -0.05) is 5.16 Å². The zero-order chi connectivity index (χ0) is 22.6. The summed E-state index contributed by atoms with van der Waals surface area (Å²) < 4.78 is 29.6. The van der Waals surface area contributed by atoms with Crippen LogP contribution in [0.5, 0.6) is 11.5 Å². The zero-order valence-corrected chi connectivity index (χ0v) is 17.4. The third-order valence-corrected chi connectivity index (χ3v) is 5.15. The lowest BCUT2D eigenvalue weighted by molar-refractivity contribution is -0.142. The molecule has 2 aromatic heterocycles. The molecule has 0 saturated carbocycles. The van der Waals surface area contributed by atoms with E-state index in [0.717, 1.165) is 11.1 Å². The predicted molar refractivity (Wildman–Crippen MR) is 116 cm³/mol. The highest BCUT2D eigenvalue weighted by molar-refractivity contribution is 5.78. The first-order chi connectivity index (χ1) is 16.1. The minimum atomic E-state index is -0.351. The molecular formula is C24H19FN4O4. The summed E-state index contributed by atoms with van der Waals surface area (Å²) in [6.07, 6.45) is 3.24. The Morgan fingerprint density at radius 2 is 1.67 bits per heavy atom. The Hall–Kier alpha value is -4.27. The first-order valence-electron chi connectivity index (χ1n) is 10.3. The number of carbonyl (C=O) groups excluding carboxylic acids is 1. The van der Waals surface area contributed by atoms with Gasteiger partial charge in [0.05, 0.1) is 13.1 Å². The largest absolute Gasteiger partial charge is 0.487 e. The SMILES string of the molecule is O=C(COc1ccc(F)cc1)N1CC(Oc2ccc(-c3noc(-c4ccncc4)n3)cc2)C1. The highest BCUT2D eigenvalue weighted by Crippen LogP contribution is 2.25. The number of ether oxygens (including phenoxy) is 2. The van der Waals surface area contributed by atoms with Crippen molar-refractivity contribution >= 4 is 5.91 Å². The van der Waals surface area contributed by atoms with Crippen LogP contribution in [0.25, 0.3) is 22.8 Å². The first-order valence-corrected chi connectivity index (χ1v) is 10.3. The van der Waals surface area contributed by atoms with Gasteiger partial charge in [0.25, 0.3) is 11.8 Å². The molecule has 0 bridgehead atoms. The molecule has 33 heavy (non-hydrogen) atoms. The number of pyridine rings is 1. The lowest BCUT2D eigenvalue weighted by atomic mass is 10.1. The third kappa shape index (κ3) is 4.82. The molecular weight excluding hydrogens is 427 g/mol. The normalized spacial score (nSPS) is 13.4. The second-order valence-corrected chi connectivity index (χ2v) is 7.46. The Kier molecular flexibility index (Phi) is 5.67. The Bertz CT molecular complexity index is 1220. The van der Waals surface area contributed by atoms with E-state index in [2.05, 4.69) is 15.1 Å². The molecule has 0 aliphatic carbocycles. The number of hydrogen-bond acceptors (Lipinski definition) is 7. The van der Waals surface area contributed by atoms with E-state index in [9.17, 15) is 9.18 Å². The van der Waals surface area contributed by atoms with Crippen molar-refractivity contribution in [2.45, 2.75) is 6.10 Å². The number of halogens is 1. The fourth-order valence-electron chi connectivity index (χ4n) is 3.31. The van der Waals surface area contributed by atoms with Crippen LogP contribution in [-0.2, 0) is 4.79 Å². The highest BCUT2D eigenvalue weighted by atomic mass is 19.1. The van der Waals surface area contributed by atoms with Crippen LogP contribution in [-0.4, -0.2) is 51.7 Å². The van der Waals surface area contributed by atoms with Crippen LogP contribution in [0.2, 0.25) is 0 Å². The maximum atomic E-state index is 12.9. The molecule has 0 radical (unpaired) electrons. The molecule has 4 aromatic rings. The maximum Gasteiger partial charge on any atom is 0.260 e. The van der Waals surface area contributed by atoms with E-state index < -0.39 is 0 Å². The number of benzene rings is 2. The van der Waals surface area contributed by atoms with Crippen LogP contribution in [0.15, 0.2) is 77.6 Å². The van der Waals surface area contributed by atoms with Gasteiger partial charge in [-0.2, -0.15) is 4.98 Å². The molecule has 0 spiro atoms. The van der Waals surface area contributed by atoms with Crippen molar-refractivity contribution in [3.8, 4) is 34.3 Å². The summed E-state index contributed by atoms with van der Waals surface area (Å²) in [7, 11) is 0. The van der Waals surface area contributed by atoms with E-state index in [1.807, 2.05) is 24.3 Å². The number of carbonyl (C=O) groups is 1. The quantitative estimate of drug-likeness (QED) is 0.428. The molecule has 5 rings (SSSR count). The van der Waals surface area contributed by atoms with Crippen LogP contribution in [0, 0.1) is 5.82 Å². The Balaban J connectivity index is 1.10. The molecule has 8 nitrogen and oxygen atoms in total. The van der Waals surface area contributed by atoms with Crippen molar-refractivity contribution in [2.75, 3.05) is 19.7 Å². The van der Waals surface area contributed by atoms with Gasteiger partial charge in [0.15, 0.2) is 6.61 Å². The molecule has 166 valence electrons. The van der Waals surface area contributed by atoms with Crippen molar-refractivity contribution in [1.29, 1.82) is 0 Å². The molecule has 1 aliphatic rings. The summed E-state index contributed by atoms with van der Waals surface area (Å²) in [5.41, 5.74) is 1.60. The van der Waals surface area contributed by atoms with E-state index in [1.54, 1.807) is 29.4 Å². The molecule has 0 atom stereocenters. The van der Waals surface area contributed by atoms with Crippen LogP contribution < -0.4 is 9.47 Å². The summed E-state index contributed by atoms with van der Waals surface area (Å²) in [6.45, 7) is 0.861. The van der Waals surface area contributed by atoms with Gasteiger partial charge >= 0.3 is 0 Å². The van der Waals surface area contributed by atoms with Gasteiger partial charge in [-0.25, -0.2) is 4.39 Å². The van der Waals surface area contributed by atoms with E-state index in [4.69, 9.17) is 14.0 Å². The van der Waals surface area contributed by atoms with E-state index >= 15 is 0 Å². The molecule has 9 heteroatoms. The Morgan fingerprint density at radius 3 is 2.39 bits per heavy atom. The minimum Gasteiger partial charge on any atom is -0.487 e. The maximum absolute atomic E-state index is 12.9. The molecule has 1 saturated heterocycles. The number of likely N-dealkylation sites (tertiary alicyclic amines) is 1. The molecule has 1 aliphatic heterocycles. The molecule has 0 unspecified atom stereocenters. The molecule has 0 N–H and O–H groups in total. The fraction of sp³-hybridized carbons (Fsp3) is 0.167. The van der Waals surface area contributed by atoms with Gasteiger partial charge in [0, 0.05) is 23.5 Å². The summed E-state index contributed by atoms with van der Waals surface area (Å²) >= 11 is 0. The number of hydrogen-bond donors (Lipinski definition) is 0. The molecule has 1 fully saturated rings. The van der Waals surface area contributed by atoms with Crippen molar-refractivity contribution in [3.63, 3.8) is 0 Å². The van der Waals surface area contributed by atoms with E-state index in [1.165, 1.54) is 24.3 Å². The van der Waals surface area contributed by atoms with E-state index in [0.29, 0.717) is 36.3 Å². The number of rotatable bonds is 7. The summed E-state index contributed by atoms with van der Waals surface area (Å²) in [6, 6.07) is 16.5. The number of amides is 1. The van der Waals surface area contributed by atoms with Gasteiger partial charge in [0.2, 0.25) is 5.82 Å². The highest BCUT2D eigenvalue weighted by Gasteiger charge is 2.32. The van der Waals surface area contributed by atoms with Crippen molar-refractivity contribution < 1.29 is 23.2 Å². The smallest absolute Gasteiger partial charge is 0.260 e. The predicted octanol–water partition coefficient (Wildman–Crippen LogP) is 3.61. The van der Waals surface area contributed by atoms with E-state index in [-0.39, 0.29) is 24.4 Å². The van der Waals surface area contributed by atoms with Crippen molar-refractivity contribution in [3.05, 3.63) is 78.9 Å². The second kappa shape index (κ2) is 9.07. The monoisotopic (exact) mass is 446 g/mol. The molecule has 2 aromatic carbocycles. The van der Waals surface area contributed by atoms with Crippen molar-refractivity contribution in [2.24, 2.45) is 0 Å².